The molecule has 0 atom stereocenters. The smallest absolute Gasteiger partial charge is 0.303 e. The number of carboxylic acids is 1. The normalized spacial score (nSPS) is 11.7. The molecule has 0 rings (SSSR count). The first kappa shape index (κ1) is 20.9. The molecule has 0 aromatic rings. The Bertz CT molecular complexity index is 292. The van der Waals surface area contributed by atoms with Gasteiger partial charge in [-0.1, -0.05) is 76.2 Å². The summed E-state index contributed by atoms with van der Waals surface area (Å²) in [5.41, 5.74) is 0. The maximum absolute atomic E-state index is 10.3. The third-order valence-electron chi connectivity index (χ3n) is 3.84. The van der Waals surface area contributed by atoms with E-state index in [9.17, 15) is 4.79 Å². The summed E-state index contributed by atoms with van der Waals surface area (Å²) in [5, 5.41) is 8.52. The van der Waals surface area contributed by atoms with E-state index in [1.807, 2.05) is 0 Å². The second kappa shape index (κ2) is 18.0. The van der Waals surface area contributed by atoms with Gasteiger partial charge in [0.1, 0.15) is 0 Å². The minimum Gasteiger partial charge on any atom is -0.481 e. The minimum atomic E-state index is -0.679. The van der Waals surface area contributed by atoms with Crippen LogP contribution in [0.5, 0.6) is 0 Å². The van der Waals surface area contributed by atoms with Crippen molar-refractivity contribution in [3.63, 3.8) is 0 Å². The van der Waals surface area contributed by atoms with E-state index in [1.54, 1.807) is 0 Å². The van der Waals surface area contributed by atoms with Gasteiger partial charge in [-0.15, -0.1) is 0 Å². The maximum atomic E-state index is 10.3. The first-order valence-electron chi connectivity index (χ1n) is 9.29. The van der Waals surface area contributed by atoms with Gasteiger partial charge >= 0.3 is 5.97 Å². The summed E-state index contributed by atoms with van der Waals surface area (Å²) in [7, 11) is 0. The molecule has 0 saturated heterocycles. The molecule has 0 aromatic heterocycles. The summed E-state index contributed by atoms with van der Waals surface area (Å²) in [4.78, 5) is 10.3. The quantitative estimate of drug-likeness (QED) is 0.255. The average molecular weight is 309 g/mol. The summed E-state index contributed by atoms with van der Waals surface area (Å²) in [6.07, 6.45) is 25.2. The van der Waals surface area contributed by atoms with Crippen LogP contribution >= 0.6 is 0 Å². The highest BCUT2D eigenvalue weighted by Gasteiger charge is 1.94. The van der Waals surface area contributed by atoms with Crippen LogP contribution in [0.2, 0.25) is 0 Å². The second-order valence-electron chi connectivity index (χ2n) is 6.08. The molecule has 0 aliphatic carbocycles. The molecule has 0 unspecified atom stereocenters. The van der Waals surface area contributed by atoms with Gasteiger partial charge in [-0.3, -0.25) is 4.79 Å². The van der Waals surface area contributed by atoms with Gasteiger partial charge in [-0.25, -0.2) is 0 Å². The fraction of sp³-hybridized carbons (Fsp3) is 0.750. The lowest BCUT2D eigenvalue weighted by Crippen LogP contribution is -1.93. The molecule has 0 radical (unpaired) electrons. The lowest BCUT2D eigenvalue weighted by atomic mass is 10.1. The van der Waals surface area contributed by atoms with Crippen LogP contribution in [0.1, 0.15) is 96.8 Å². The van der Waals surface area contributed by atoms with Crippen molar-refractivity contribution < 1.29 is 9.90 Å². The molecule has 1 N–H and O–H groups in total. The van der Waals surface area contributed by atoms with Gasteiger partial charge in [0.05, 0.1) is 0 Å². The zero-order valence-corrected chi connectivity index (χ0v) is 14.6. The molecule has 0 aliphatic heterocycles. The topological polar surface area (TPSA) is 37.3 Å². The van der Waals surface area contributed by atoms with Crippen LogP contribution in [-0.4, -0.2) is 11.1 Å². The number of allylic oxidation sites excluding steroid dienone is 4. The Kier molecular flexibility index (Phi) is 17.1. The first-order valence-corrected chi connectivity index (χ1v) is 9.29. The van der Waals surface area contributed by atoms with E-state index in [2.05, 4.69) is 31.2 Å². The number of carboxylic acid groups (broad SMARTS) is 1. The van der Waals surface area contributed by atoms with Crippen molar-refractivity contribution in [3.8, 4) is 0 Å². The summed E-state index contributed by atoms with van der Waals surface area (Å²) in [6, 6.07) is 0. The predicted molar refractivity (Wildman–Crippen MR) is 96.2 cm³/mol. The zero-order chi connectivity index (χ0) is 16.3. The minimum absolute atomic E-state index is 0.311. The van der Waals surface area contributed by atoms with Crippen LogP contribution in [0, 0.1) is 0 Å². The van der Waals surface area contributed by atoms with Crippen molar-refractivity contribution in [1.29, 1.82) is 0 Å². The molecule has 2 heteroatoms. The van der Waals surface area contributed by atoms with Crippen molar-refractivity contribution in [1.82, 2.24) is 0 Å². The van der Waals surface area contributed by atoms with Gasteiger partial charge in [-0.05, 0) is 38.5 Å². The fourth-order valence-corrected chi connectivity index (χ4v) is 2.44. The third-order valence-corrected chi connectivity index (χ3v) is 3.84. The first-order chi connectivity index (χ1) is 10.8. The molecule has 0 spiro atoms. The molecule has 0 bridgehead atoms. The monoisotopic (exact) mass is 308 g/mol. The Hall–Kier alpha value is -1.05. The van der Waals surface area contributed by atoms with Gasteiger partial charge in [-0.2, -0.15) is 0 Å². The molecule has 0 aliphatic rings. The molecular weight excluding hydrogens is 272 g/mol. The van der Waals surface area contributed by atoms with Crippen LogP contribution < -0.4 is 0 Å². The van der Waals surface area contributed by atoms with Crippen molar-refractivity contribution in [3.05, 3.63) is 24.3 Å². The van der Waals surface area contributed by atoms with E-state index in [0.29, 0.717) is 6.42 Å². The average Bonchev–Trinajstić information content (AvgIpc) is 2.50. The van der Waals surface area contributed by atoms with Gasteiger partial charge in [0, 0.05) is 6.42 Å². The Morgan fingerprint density at radius 1 is 0.727 bits per heavy atom. The largest absolute Gasteiger partial charge is 0.481 e. The van der Waals surface area contributed by atoms with Crippen LogP contribution in [0.15, 0.2) is 24.3 Å². The van der Waals surface area contributed by atoms with Gasteiger partial charge in [0.25, 0.3) is 0 Å². The highest BCUT2D eigenvalue weighted by Crippen LogP contribution is 2.09. The van der Waals surface area contributed by atoms with E-state index in [4.69, 9.17) is 5.11 Å². The van der Waals surface area contributed by atoms with Gasteiger partial charge < -0.3 is 5.11 Å². The molecular formula is C20H36O2. The second-order valence-corrected chi connectivity index (χ2v) is 6.08. The summed E-state index contributed by atoms with van der Waals surface area (Å²) < 4.78 is 0. The van der Waals surface area contributed by atoms with Crippen LogP contribution in [-0.2, 0) is 4.79 Å². The SMILES string of the molecule is CCCCCCCCC/C=C\C/C=C\CCCCCC(=O)O. The zero-order valence-electron chi connectivity index (χ0n) is 14.6. The molecule has 0 amide bonds. The molecule has 128 valence electrons. The van der Waals surface area contributed by atoms with Gasteiger partial charge in [0.2, 0.25) is 0 Å². The Morgan fingerprint density at radius 3 is 1.77 bits per heavy atom. The van der Waals surface area contributed by atoms with Crippen molar-refractivity contribution in [2.24, 2.45) is 0 Å². The molecule has 0 aromatic carbocycles. The number of aliphatic carboxylic acids is 1. The molecule has 0 saturated carbocycles. The van der Waals surface area contributed by atoms with E-state index < -0.39 is 5.97 Å². The van der Waals surface area contributed by atoms with Crippen LogP contribution in [0.25, 0.3) is 0 Å². The number of rotatable bonds is 16. The fourth-order valence-electron chi connectivity index (χ4n) is 2.44. The highest BCUT2D eigenvalue weighted by atomic mass is 16.4. The lowest BCUT2D eigenvalue weighted by Gasteiger charge is -1.98. The number of unbranched alkanes of at least 4 members (excludes halogenated alkanes) is 10. The molecule has 0 heterocycles. The molecule has 22 heavy (non-hydrogen) atoms. The van der Waals surface area contributed by atoms with E-state index in [-0.39, 0.29) is 0 Å². The van der Waals surface area contributed by atoms with Crippen LogP contribution in [0.3, 0.4) is 0 Å². The van der Waals surface area contributed by atoms with Crippen molar-refractivity contribution >= 4 is 5.97 Å². The van der Waals surface area contributed by atoms with E-state index >= 15 is 0 Å². The third kappa shape index (κ3) is 18.9. The van der Waals surface area contributed by atoms with Crippen molar-refractivity contribution in [2.45, 2.75) is 96.8 Å². The summed E-state index contributed by atoms with van der Waals surface area (Å²) in [6.45, 7) is 2.26. The van der Waals surface area contributed by atoms with Gasteiger partial charge in [0.15, 0.2) is 0 Å². The molecule has 0 fully saturated rings. The lowest BCUT2D eigenvalue weighted by molar-refractivity contribution is -0.137. The number of hydrogen-bond acceptors (Lipinski definition) is 1. The van der Waals surface area contributed by atoms with E-state index in [0.717, 1.165) is 32.1 Å². The Labute approximate surface area is 137 Å². The Balaban J connectivity index is 3.19. The van der Waals surface area contributed by atoms with Crippen molar-refractivity contribution in [2.75, 3.05) is 0 Å². The van der Waals surface area contributed by atoms with Crippen LogP contribution in [0.4, 0.5) is 0 Å². The predicted octanol–water partition coefficient (Wildman–Crippen LogP) is 6.66. The Morgan fingerprint density at radius 2 is 1.23 bits per heavy atom. The molecule has 2 nitrogen and oxygen atoms in total. The number of hydrogen-bond donors (Lipinski definition) is 1. The van der Waals surface area contributed by atoms with E-state index in [1.165, 1.54) is 51.4 Å². The summed E-state index contributed by atoms with van der Waals surface area (Å²) in [5.74, 6) is -0.679. The standard InChI is InChI=1S/C20H36O2/c1-2-3-4-5-6-7-8-9-10-11-12-13-14-15-16-17-18-19-20(21)22/h10-11,13-14H,2-9,12,15-19H2,1H3,(H,21,22)/b11-10-,14-13-. The highest BCUT2D eigenvalue weighted by molar-refractivity contribution is 5.66. The number of carbonyl (C=O) groups is 1. The maximum Gasteiger partial charge on any atom is 0.303 e. The summed E-state index contributed by atoms with van der Waals surface area (Å²) >= 11 is 0.